The fraction of sp³-hybridized carbons (Fsp3) is 0.917. The molecule has 0 aromatic heterocycles. The Morgan fingerprint density at radius 2 is 1.88 bits per heavy atom. The van der Waals surface area contributed by atoms with Crippen molar-refractivity contribution in [2.75, 3.05) is 26.7 Å². The summed E-state index contributed by atoms with van der Waals surface area (Å²) in [6.45, 7) is 3.18. The predicted octanol–water partition coefficient (Wildman–Crippen LogP) is 0.339. The molecule has 2 fully saturated rings. The number of likely N-dealkylation sites (tertiary alicyclic amines) is 1. The van der Waals surface area contributed by atoms with E-state index in [-0.39, 0.29) is 5.91 Å². The highest BCUT2D eigenvalue weighted by Crippen LogP contribution is 2.18. The molecule has 1 amide bonds. The van der Waals surface area contributed by atoms with E-state index in [0.717, 1.165) is 19.6 Å². The van der Waals surface area contributed by atoms with Crippen LogP contribution in [0.15, 0.2) is 0 Å². The molecule has 0 spiro atoms. The third-order valence-corrected chi connectivity index (χ3v) is 3.59. The van der Waals surface area contributed by atoms with Crippen LogP contribution in [-0.4, -0.2) is 49.6 Å². The van der Waals surface area contributed by atoms with Gasteiger partial charge in [0.1, 0.15) is 0 Å². The molecule has 0 aromatic rings. The topological polar surface area (TPSA) is 44.4 Å². The summed E-state index contributed by atoms with van der Waals surface area (Å²) in [5, 5.41) is 6.35. The molecule has 1 aliphatic carbocycles. The van der Waals surface area contributed by atoms with Gasteiger partial charge in [-0.05, 0) is 45.8 Å². The van der Waals surface area contributed by atoms with Gasteiger partial charge in [0, 0.05) is 25.0 Å². The van der Waals surface area contributed by atoms with Gasteiger partial charge in [-0.15, -0.1) is 0 Å². The molecule has 0 unspecified atom stereocenters. The van der Waals surface area contributed by atoms with Crippen LogP contribution in [0, 0.1) is 0 Å². The maximum atomic E-state index is 11.5. The van der Waals surface area contributed by atoms with Crippen molar-refractivity contribution in [3.63, 3.8) is 0 Å². The number of carbonyl (C=O) groups is 1. The Morgan fingerprint density at radius 1 is 1.19 bits per heavy atom. The molecular formula is C12H23N3O. The first-order chi connectivity index (χ1) is 7.78. The second-order valence-corrected chi connectivity index (χ2v) is 5.00. The summed E-state index contributed by atoms with van der Waals surface area (Å²) < 4.78 is 0. The number of nitrogens with one attached hydrogen (secondary N) is 2. The van der Waals surface area contributed by atoms with Crippen molar-refractivity contribution in [1.29, 1.82) is 0 Å². The van der Waals surface area contributed by atoms with Gasteiger partial charge in [0.2, 0.25) is 5.91 Å². The van der Waals surface area contributed by atoms with Gasteiger partial charge in [-0.25, -0.2) is 0 Å². The summed E-state index contributed by atoms with van der Waals surface area (Å²) in [4.78, 5) is 13.9. The van der Waals surface area contributed by atoms with E-state index < -0.39 is 0 Å². The second kappa shape index (κ2) is 5.64. The number of piperidine rings is 1. The number of amides is 1. The normalized spacial score (nSPS) is 23.3. The number of carbonyl (C=O) groups excluding carboxylic acids is 1. The highest BCUT2D eigenvalue weighted by molar-refractivity contribution is 5.76. The van der Waals surface area contributed by atoms with Crippen LogP contribution in [0.25, 0.3) is 0 Å². The standard InChI is InChI=1S/C12H23N3O/c1-13-10-4-7-15(8-5-10)9-6-12(16)14-11-2-3-11/h10-11,13H,2-9H2,1H3,(H,14,16). The molecule has 2 rings (SSSR count). The molecule has 1 heterocycles. The molecule has 2 N–H and O–H groups in total. The number of hydrogen-bond donors (Lipinski definition) is 2. The SMILES string of the molecule is CNC1CCN(CCC(=O)NC2CC2)CC1. The zero-order valence-electron chi connectivity index (χ0n) is 10.2. The second-order valence-electron chi connectivity index (χ2n) is 5.00. The monoisotopic (exact) mass is 225 g/mol. The van der Waals surface area contributed by atoms with E-state index in [1.807, 2.05) is 7.05 Å². The van der Waals surface area contributed by atoms with E-state index in [9.17, 15) is 4.79 Å². The minimum atomic E-state index is 0.234. The first kappa shape index (κ1) is 11.9. The maximum Gasteiger partial charge on any atom is 0.221 e. The predicted molar refractivity (Wildman–Crippen MR) is 64.3 cm³/mol. The van der Waals surface area contributed by atoms with Crippen molar-refractivity contribution >= 4 is 5.91 Å². The molecule has 1 saturated heterocycles. The van der Waals surface area contributed by atoms with Gasteiger partial charge in [-0.1, -0.05) is 0 Å². The Bertz CT molecular complexity index is 232. The van der Waals surface area contributed by atoms with Gasteiger partial charge in [0.25, 0.3) is 0 Å². The van der Waals surface area contributed by atoms with Gasteiger partial charge in [0.15, 0.2) is 0 Å². The Labute approximate surface area is 97.8 Å². The number of nitrogens with zero attached hydrogens (tertiary/aromatic N) is 1. The van der Waals surface area contributed by atoms with Crippen molar-refractivity contribution in [3.8, 4) is 0 Å². The van der Waals surface area contributed by atoms with Gasteiger partial charge >= 0.3 is 0 Å². The minimum absolute atomic E-state index is 0.234. The van der Waals surface area contributed by atoms with Crippen LogP contribution in [0.5, 0.6) is 0 Å². The molecule has 16 heavy (non-hydrogen) atoms. The Kier molecular flexibility index (Phi) is 4.18. The number of hydrogen-bond acceptors (Lipinski definition) is 3. The van der Waals surface area contributed by atoms with Crippen LogP contribution in [0.3, 0.4) is 0 Å². The average Bonchev–Trinajstić information content (AvgIpc) is 3.11. The third kappa shape index (κ3) is 3.76. The Hall–Kier alpha value is -0.610. The summed E-state index contributed by atoms with van der Waals surface area (Å²) in [5.74, 6) is 0.234. The van der Waals surface area contributed by atoms with Crippen molar-refractivity contribution in [2.45, 2.75) is 44.2 Å². The van der Waals surface area contributed by atoms with Crippen LogP contribution in [0.1, 0.15) is 32.1 Å². The molecule has 0 atom stereocenters. The van der Waals surface area contributed by atoms with Crippen molar-refractivity contribution in [1.82, 2.24) is 15.5 Å². The lowest BCUT2D eigenvalue weighted by Crippen LogP contribution is -2.42. The van der Waals surface area contributed by atoms with E-state index in [1.54, 1.807) is 0 Å². The maximum absolute atomic E-state index is 11.5. The summed E-state index contributed by atoms with van der Waals surface area (Å²) in [6, 6.07) is 1.18. The van der Waals surface area contributed by atoms with Gasteiger partial charge < -0.3 is 15.5 Å². The molecule has 0 aromatic carbocycles. The van der Waals surface area contributed by atoms with Gasteiger partial charge in [0.05, 0.1) is 0 Å². The minimum Gasteiger partial charge on any atom is -0.353 e. The first-order valence-corrected chi connectivity index (χ1v) is 6.47. The molecule has 2 aliphatic rings. The van der Waals surface area contributed by atoms with Crippen LogP contribution in [-0.2, 0) is 4.79 Å². The van der Waals surface area contributed by atoms with Crippen LogP contribution in [0.2, 0.25) is 0 Å². The molecule has 4 nitrogen and oxygen atoms in total. The smallest absolute Gasteiger partial charge is 0.221 e. The van der Waals surface area contributed by atoms with Gasteiger partial charge in [-0.3, -0.25) is 4.79 Å². The van der Waals surface area contributed by atoms with Gasteiger partial charge in [-0.2, -0.15) is 0 Å². The van der Waals surface area contributed by atoms with E-state index in [1.165, 1.54) is 25.7 Å². The molecule has 0 radical (unpaired) electrons. The summed E-state index contributed by atoms with van der Waals surface area (Å²) in [6.07, 6.45) is 5.45. The van der Waals surface area contributed by atoms with Crippen LogP contribution < -0.4 is 10.6 Å². The Morgan fingerprint density at radius 3 is 2.44 bits per heavy atom. The van der Waals surface area contributed by atoms with Crippen molar-refractivity contribution < 1.29 is 4.79 Å². The zero-order valence-corrected chi connectivity index (χ0v) is 10.2. The van der Waals surface area contributed by atoms with Crippen LogP contribution in [0.4, 0.5) is 0 Å². The average molecular weight is 225 g/mol. The van der Waals surface area contributed by atoms with E-state index in [2.05, 4.69) is 15.5 Å². The van der Waals surface area contributed by atoms with E-state index >= 15 is 0 Å². The molecule has 92 valence electrons. The van der Waals surface area contributed by atoms with Crippen molar-refractivity contribution in [2.24, 2.45) is 0 Å². The molecule has 0 bridgehead atoms. The lowest BCUT2D eigenvalue weighted by molar-refractivity contribution is -0.121. The first-order valence-electron chi connectivity index (χ1n) is 6.47. The van der Waals surface area contributed by atoms with Crippen molar-refractivity contribution in [3.05, 3.63) is 0 Å². The molecule has 1 saturated carbocycles. The largest absolute Gasteiger partial charge is 0.353 e. The summed E-state index contributed by atoms with van der Waals surface area (Å²) in [5.41, 5.74) is 0. The quantitative estimate of drug-likeness (QED) is 0.709. The zero-order chi connectivity index (χ0) is 11.4. The summed E-state index contributed by atoms with van der Waals surface area (Å²) in [7, 11) is 2.03. The molecular weight excluding hydrogens is 202 g/mol. The van der Waals surface area contributed by atoms with E-state index in [4.69, 9.17) is 0 Å². The fourth-order valence-corrected chi connectivity index (χ4v) is 2.23. The lowest BCUT2D eigenvalue weighted by atomic mass is 10.1. The van der Waals surface area contributed by atoms with Crippen LogP contribution >= 0.6 is 0 Å². The summed E-state index contributed by atoms with van der Waals surface area (Å²) >= 11 is 0. The molecule has 4 heteroatoms. The van der Waals surface area contributed by atoms with E-state index in [0.29, 0.717) is 18.5 Å². The highest BCUT2D eigenvalue weighted by Gasteiger charge is 2.23. The third-order valence-electron chi connectivity index (χ3n) is 3.59. The molecule has 1 aliphatic heterocycles. The lowest BCUT2D eigenvalue weighted by Gasteiger charge is -2.31. The number of rotatable bonds is 5. The highest BCUT2D eigenvalue weighted by atomic mass is 16.1. The Balaban J connectivity index is 1.57. The fourth-order valence-electron chi connectivity index (χ4n) is 2.23.